The van der Waals surface area contributed by atoms with Crippen LogP contribution in [-0.4, -0.2) is 33.5 Å². The van der Waals surface area contributed by atoms with Gasteiger partial charge in [0.1, 0.15) is 5.82 Å². The lowest BCUT2D eigenvalue weighted by atomic mass is 9.96. The lowest BCUT2D eigenvalue weighted by Crippen LogP contribution is -2.47. The number of hydrogen-bond acceptors (Lipinski definition) is 4. The summed E-state index contributed by atoms with van der Waals surface area (Å²) in [4.78, 5) is 6.35. The highest BCUT2D eigenvalue weighted by atomic mass is 79.9. The highest BCUT2D eigenvalue weighted by Crippen LogP contribution is 2.47. The molecular weight excluding hydrogens is 331 g/mol. The van der Waals surface area contributed by atoms with Gasteiger partial charge >= 0.3 is 0 Å². The van der Waals surface area contributed by atoms with Crippen molar-refractivity contribution in [3.05, 3.63) is 35.6 Å². The first-order valence-corrected chi connectivity index (χ1v) is 7.01. The number of aliphatic hydroxyl groups is 1. The summed E-state index contributed by atoms with van der Waals surface area (Å²) in [6, 6.07) is 6.13. The van der Waals surface area contributed by atoms with Gasteiger partial charge in [0.2, 0.25) is 0 Å². The maximum absolute atomic E-state index is 13.0. The fourth-order valence-corrected chi connectivity index (χ4v) is 4.00. The first kappa shape index (κ1) is 14.8. The van der Waals surface area contributed by atoms with Crippen molar-refractivity contribution in [2.75, 3.05) is 13.1 Å². The predicted molar refractivity (Wildman–Crippen MR) is 81.3 cm³/mol. The van der Waals surface area contributed by atoms with Crippen LogP contribution in [0.4, 0.5) is 4.39 Å². The zero-order valence-corrected chi connectivity index (χ0v) is 13.1. The van der Waals surface area contributed by atoms with Gasteiger partial charge < -0.3 is 10.0 Å². The van der Waals surface area contributed by atoms with Gasteiger partial charge in [0.25, 0.3) is 0 Å². The Morgan fingerprint density at radius 3 is 2.79 bits per heavy atom. The molecule has 0 spiro atoms. The van der Waals surface area contributed by atoms with Gasteiger partial charge in [-0.2, -0.15) is 0 Å². The third kappa shape index (κ3) is 2.19. The van der Waals surface area contributed by atoms with Gasteiger partial charge in [-0.25, -0.2) is 4.39 Å². The molecule has 0 aliphatic carbocycles. The van der Waals surface area contributed by atoms with Crippen LogP contribution in [0.5, 0.6) is 0 Å². The Labute approximate surface area is 126 Å². The fraction of sp³-hybridized carbons (Fsp3) is 0.462. The molecule has 0 amide bonds. The van der Waals surface area contributed by atoms with Crippen molar-refractivity contribution < 1.29 is 9.50 Å². The molecule has 1 aromatic carbocycles. The van der Waals surface area contributed by atoms with Gasteiger partial charge in [0, 0.05) is 12.1 Å². The highest BCUT2D eigenvalue weighted by molar-refractivity contribution is 8.93. The molecule has 2 aliphatic heterocycles. The largest absolute Gasteiger partial charge is 0.366 e. The van der Waals surface area contributed by atoms with Crippen molar-refractivity contribution in [2.24, 2.45) is 4.99 Å². The molecule has 0 saturated carbocycles. The number of benzene rings is 1. The zero-order chi connectivity index (χ0) is 12.8. The smallest absolute Gasteiger partial charge is 0.178 e. The molecule has 2 aliphatic rings. The third-order valence-electron chi connectivity index (χ3n) is 3.55. The number of aliphatic imine (C=N–C) groups is 1. The Kier molecular flexibility index (Phi) is 4.23. The minimum atomic E-state index is -1.05. The predicted octanol–water partition coefficient (Wildman–Crippen LogP) is 2.75. The second-order valence-corrected chi connectivity index (χ2v) is 5.73. The van der Waals surface area contributed by atoms with Crippen molar-refractivity contribution in [3.8, 4) is 0 Å². The standard InChI is InChI=1S/C13H15FN2OS.BrH/c1-2-11-13(17,9-3-5-10(14)6-4-9)16-8-7-15-12(16)18-11;/h3-6,11,17H,2,7-8H2,1H3;1H. The average molecular weight is 347 g/mol. The second kappa shape index (κ2) is 5.42. The van der Waals surface area contributed by atoms with Crippen LogP contribution in [0.25, 0.3) is 0 Å². The van der Waals surface area contributed by atoms with Crippen LogP contribution in [-0.2, 0) is 5.72 Å². The number of fused-ring (bicyclic) bond motifs is 1. The van der Waals surface area contributed by atoms with E-state index in [-0.39, 0.29) is 28.0 Å². The fourth-order valence-electron chi connectivity index (χ4n) is 2.63. The summed E-state index contributed by atoms with van der Waals surface area (Å²) < 4.78 is 13.0. The summed E-state index contributed by atoms with van der Waals surface area (Å²) in [5, 5.41) is 12.0. The highest BCUT2D eigenvalue weighted by Gasteiger charge is 2.52. The van der Waals surface area contributed by atoms with E-state index >= 15 is 0 Å². The number of halogens is 2. The Hall–Kier alpha value is -0.590. The van der Waals surface area contributed by atoms with Crippen LogP contribution < -0.4 is 0 Å². The molecule has 0 radical (unpaired) electrons. The van der Waals surface area contributed by atoms with E-state index in [2.05, 4.69) is 11.9 Å². The zero-order valence-electron chi connectivity index (χ0n) is 10.5. The molecule has 1 N–H and O–H groups in total. The van der Waals surface area contributed by atoms with E-state index in [0.29, 0.717) is 0 Å². The third-order valence-corrected chi connectivity index (χ3v) is 5.06. The van der Waals surface area contributed by atoms with E-state index < -0.39 is 5.72 Å². The molecule has 1 aromatic rings. The molecule has 3 rings (SSSR count). The molecule has 1 saturated heterocycles. The SMILES string of the molecule is Br.CCC1SC2=NCCN2C1(O)c1ccc(F)cc1. The summed E-state index contributed by atoms with van der Waals surface area (Å²) in [6.07, 6.45) is 0.841. The van der Waals surface area contributed by atoms with Gasteiger partial charge in [0.15, 0.2) is 10.9 Å². The average Bonchev–Trinajstić information content (AvgIpc) is 2.93. The van der Waals surface area contributed by atoms with Crippen molar-refractivity contribution >= 4 is 33.9 Å². The van der Waals surface area contributed by atoms with Gasteiger partial charge in [-0.3, -0.25) is 4.99 Å². The molecule has 2 heterocycles. The topological polar surface area (TPSA) is 35.8 Å². The summed E-state index contributed by atoms with van der Waals surface area (Å²) in [5.74, 6) is -0.281. The molecule has 0 bridgehead atoms. The molecular formula is C13H16BrFN2OS. The summed E-state index contributed by atoms with van der Waals surface area (Å²) >= 11 is 1.62. The number of rotatable bonds is 2. The molecule has 2 unspecified atom stereocenters. The number of nitrogens with zero attached hydrogens (tertiary/aromatic N) is 2. The maximum Gasteiger partial charge on any atom is 0.178 e. The van der Waals surface area contributed by atoms with Crippen LogP contribution in [0, 0.1) is 5.82 Å². The van der Waals surface area contributed by atoms with E-state index in [1.807, 2.05) is 4.90 Å². The second-order valence-electron chi connectivity index (χ2n) is 4.56. The van der Waals surface area contributed by atoms with Gasteiger partial charge in [0.05, 0.1) is 11.8 Å². The first-order chi connectivity index (χ1) is 8.66. The van der Waals surface area contributed by atoms with Crippen molar-refractivity contribution in [1.82, 2.24) is 4.90 Å². The molecule has 1 fully saturated rings. The van der Waals surface area contributed by atoms with E-state index in [4.69, 9.17) is 0 Å². The van der Waals surface area contributed by atoms with Crippen LogP contribution in [0.2, 0.25) is 0 Å². The molecule has 2 atom stereocenters. The van der Waals surface area contributed by atoms with Gasteiger partial charge in [-0.05, 0) is 18.6 Å². The summed E-state index contributed by atoms with van der Waals surface area (Å²) in [6.45, 7) is 3.50. The normalized spacial score (nSPS) is 28.9. The van der Waals surface area contributed by atoms with Crippen molar-refractivity contribution in [2.45, 2.75) is 24.3 Å². The Bertz CT molecular complexity index is 496. The van der Waals surface area contributed by atoms with Crippen LogP contribution in [0.15, 0.2) is 29.3 Å². The molecule has 19 heavy (non-hydrogen) atoms. The van der Waals surface area contributed by atoms with Crippen molar-refractivity contribution in [1.29, 1.82) is 0 Å². The van der Waals surface area contributed by atoms with Crippen LogP contribution >= 0.6 is 28.7 Å². The molecule has 6 heteroatoms. The number of amidine groups is 1. The quantitative estimate of drug-likeness (QED) is 0.894. The number of thioether (sulfide) groups is 1. The molecule has 3 nitrogen and oxygen atoms in total. The van der Waals surface area contributed by atoms with Crippen molar-refractivity contribution in [3.63, 3.8) is 0 Å². The lowest BCUT2D eigenvalue weighted by molar-refractivity contribution is -0.0664. The van der Waals surface area contributed by atoms with Crippen LogP contribution in [0.1, 0.15) is 18.9 Å². The number of hydrogen-bond donors (Lipinski definition) is 1. The minimum absolute atomic E-state index is 0. The van der Waals surface area contributed by atoms with Crippen LogP contribution in [0.3, 0.4) is 0 Å². The van der Waals surface area contributed by atoms with E-state index in [1.165, 1.54) is 12.1 Å². The first-order valence-electron chi connectivity index (χ1n) is 6.13. The van der Waals surface area contributed by atoms with Gasteiger partial charge in [-0.15, -0.1) is 17.0 Å². The maximum atomic E-state index is 13.0. The Morgan fingerprint density at radius 1 is 1.47 bits per heavy atom. The van der Waals surface area contributed by atoms with Gasteiger partial charge in [-0.1, -0.05) is 30.8 Å². The Balaban J connectivity index is 0.00000133. The monoisotopic (exact) mass is 346 g/mol. The lowest BCUT2D eigenvalue weighted by Gasteiger charge is -2.36. The summed E-state index contributed by atoms with van der Waals surface area (Å²) in [5.41, 5.74) is -0.307. The van der Waals surface area contributed by atoms with E-state index in [1.54, 1.807) is 23.9 Å². The summed E-state index contributed by atoms with van der Waals surface area (Å²) in [7, 11) is 0. The van der Waals surface area contributed by atoms with E-state index in [9.17, 15) is 9.50 Å². The molecule has 104 valence electrons. The van der Waals surface area contributed by atoms with E-state index in [0.717, 1.165) is 30.2 Å². The Morgan fingerprint density at radius 2 is 2.16 bits per heavy atom. The minimum Gasteiger partial charge on any atom is -0.366 e. The molecule has 0 aromatic heterocycles.